The van der Waals surface area contributed by atoms with Gasteiger partial charge in [0.2, 0.25) is 10.0 Å². The number of piperidine rings is 1. The maximum Gasteiger partial charge on any atom is 0.216 e. The fraction of sp³-hybridized carbons (Fsp3) is 1.00. The van der Waals surface area contributed by atoms with Crippen LogP contribution in [0.3, 0.4) is 0 Å². The molecule has 6 atom stereocenters. The Morgan fingerprint density at radius 2 is 1.79 bits per heavy atom. The zero-order valence-electron chi connectivity index (χ0n) is 18.4. The van der Waals surface area contributed by atoms with Gasteiger partial charge in [-0.05, 0) is 42.9 Å². The second kappa shape index (κ2) is 8.33. The molecule has 0 aromatic carbocycles. The summed E-state index contributed by atoms with van der Waals surface area (Å²) in [4.78, 5) is 0. The Hall–Kier alpha value is -0.290. The van der Waals surface area contributed by atoms with E-state index < -0.39 is 10.0 Å². The van der Waals surface area contributed by atoms with Crippen LogP contribution in [0.15, 0.2) is 0 Å². The van der Waals surface area contributed by atoms with Gasteiger partial charge in [-0.2, -0.15) is 0 Å². The molecular weight excluding hydrogens is 388 g/mol. The fourth-order valence-electron chi connectivity index (χ4n) is 5.64. The molecule has 4 rings (SSSR count). The molecule has 0 aromatic rings. The van der Waals surface area contributed by atoms with Crippen LogP contribution in [0, 0.1) is 17.3 Å². The minimum atomic E-state index is -3.33. The molecule has 0 radical (unpaired) electrons. The Kier molecular flexibility index (Phi) is 6.30. The van der Waals surface area contributed by atoms with Gasteiger partial charge in [0.25, 0.3) is 0 Å². The van der Waals surface area contributed by atoms with Gasteiger partial charge in [0.15, 0.2) is 0 Å². The van der Waals surface area contributed by atoms with Gasteiger partial charge in [-0.25, -0.2) is 23.2 Å². The van der Waals surface area contributed by atoms with Crippen molar-refractivity contribution in [1.82, 2.24) is 30.9 Å². The summed E-state index contributed by atoms with van der Waals surface area (Å²) in [5.41, 5.74) is 7.19. The first kappa shape index (κ1) is 21.9. The first-order valence-electron chi connectivity index (χ1n) is 11.4. The SMILES string of the molecule is CN1NCC2CCCC(NS(=O)(=O)C3CCC(N4CC(C(C)(C)C)CN4)NC3)C21. The lowest BCUT2D eigenvalue weighted by Gasteiger charge is -2.39. The molecule has 0 amide bonds. The van der Waals surface area contributed by atoms with Crippen LogP contribution in [0.25, 0.3) is 0 Å². The fourth-order valence-corrected chi connectivity index (χ4v) is 7.27. The summed E-state index contributed by atoms with van der Waals surface area (Å²) < 4.78 is 29.4. The van der Waals surface area contributed by atoms with Crippen molar-refractivity contribution in [1.29, 1.82) is 0 Å². The number of nitrogens with zero attached hydrogens (tertiary/aromatic N) is 2. The van der Waals surface area contributed by atoms with E-state index in [-0.39, 0.29) is 28.9 Å². The van der Waals surface area contributed by atoms with Gasteiger partial charge in [0, 0.05) is 45.3 Å². The van der Waals surface area contributed by atoms with E-state index in [1.54, 1.807) is 0 Å². The van der Waals surface area contributed by atoms with Crippen LogP contribution in [0.1, 0.15) is 52.9 Å². The van der Waals surface area contributed by atoms with Crippen molar-refractivity contribution in [2.24, 2.45) is 17.3 Å². The summed E-state index contributed by atoms with van der Waals surface area (Å²) in [5.74, 6) is 1.16. The average Bonchev–Trinajstić information content (AvgIpc) is 3.30. The Morgan fingerprint density at radius 1 is 1.00 bits per heavy atom. The quantitative estimate of drug-likeness (QED) is 0.517. The van der Waals surface area contributed by atoms with Gasteiger partial charge in [0.1, 0.15) is 0 Å². The van der Waals surface area contributed by atoms with E-state index in [1.165, 1.54) is 6.42 Å². The van der Waals surface area contributed by atoms with Crippen molar-refractivity contribution in [3.05, 3.63) is 0 Å². The molecule has 1 aliphatic carbocycles. The average molecular weight is 429 g/mol. The van der Waals surface area contributed by atoms with Gasteiger partial charge in [-0.15, -0.1) is 0 Å². The number of nitrogens with one attached hydrogen (secondary N) is 4. The molecule has 168 valence electrons. The summed E-state index contributed by atoms with van der Waals surface area (Å²) in [7, 11) is -1.29. The van der Waals surface area contributed by atoms with Gasteiger partial charge < -0.3 is 0 Å². The van der Waals surface area contributed by atoms with Crippen molar-refractivity contribution >= 4 is 10.0 Å². The summed E-state index contributed by atoms with van der Waals surface area (Å²) in [5, 5.41) is 7.57. The number of rotatable bonds is 4. The Bertz CT molecular complexity index is 671. The molecule has 0 aromatic heterocycles. The molecule has 3 aliphatic heterocycles. The van der Waals surface area contributed by atoms with Gasteiger partial charge in [0.05, 0.1) is 11.4 Å². The predicted molar refractivity (Wildman–Crippen MR) is 115 cm³/mol. The zero-order valence-corrected chi connectivity index (χ0v) is 19.3. The minimum absolute atomic E-state index is 0.0178. The van der Waals surface area contributed by atoms with E-state index in [0.29, 0.717) is 24.8 Å². The van der Waals surface area contributed by atoms with E-state index >= 15 is 0 Å². The first-order valence-corrected chi connectivity index (χ1v) is 12.9. The third-order valence-corrected chi connectivity index (χ3v) is 9.60. The van der Waals surface area contributed by atoms with Crippen LogP contribution in [-0.2, 0) is 10.0 Å². The zero-order chi connectivity index (χ0) is 20.8. The second-order valence-electron chi connectivity index (χ2n) is 10.6. The molecule has 3 saturated heterocycles. The van der Waals surface area contributed by atoms with Crippen LogP contribution >= 0.6 is 0 Å². The summed E-state index contributed by atoms with van der Waals surface area (Å²) in [6, 6.07) is 0.287. The van der Waals surface area contributed by atoms with Crippen molar-refractivity contribution in [3.63, 3.8) is 0 Å². The smallest absolute Gasteiger partial charge is 0.216 e. The van der Waals surface area contributed by atoms with Crippen LogP contribution in [0.2, 0.25) is 0 Å². The largest absolute Gasteiger partial charge is 0.299 e. The number of hydrogen-bond donors (Lipinski definition) is 4. The number of likely N-dealkylation sites (N-methyl/N-ethyl adjacent to an activating group) is 1. The van der Waals surface area contributed by atoms with Crippen LogP contribution in [0.4, 0.5) is 0 Å². The highest BCUT2D eigenvalue weighted by Crippen LogP contribution is 2.32. The van der Waals surface area contributed by atoms with E-state index in [0.717, 1.165) is 38.9 Å². The minimum Gasteiger partial charge on any atom is -0.299 e. The van der Waals surface area contributed by atoms with Crippen LogP contribution < -0.4 is 20.9 Å². The number of hydrogen-bond acceptors (Lipinski definition) is 7. The number of fused-ring (bicyclic) bond motifs is 1. The molecular formula is C20H40N6O2S. The molecule has 3 heterocycles. The lowest BCUT2D eigenvalue weighted by atomic mass is 9.81. The highest BCUT2D eigenvalue weighted by atomic mass is 32.2. The summed E-state index contributed by atoms with van der Waals surface area (Å²) >= 11 is 0. The third kappa shape index (κ3) is 4.66. The first-order chi connectivity index (χ1) is 13.6. The normalized spacial score (nSPS) is 40.3. The molecule has 1 saturated carbocycles. The van der Waals surface area contributed by atoms with Crippen LogP contribution in [0.5, 0.6) is 0 Å². The third-order valence-electron chi connectivity index (χ3n) is 7.69. The maximum atomic E-state index is 13.1. The highest BCUT2D eigenvalue weighted by Gasteiger charge is 2.44. The Labute approximate surface area is 176 Å². The van der Waals surface area contributed by atoms with Crippen LogP contribution in [-0.4, -0.2) is 75.2 Å². The molecule has 0 bridgehead atoms. The van der Waals surface area contributed by atoms with E-state index in [1.807, 2.05) is 7.05 Å². The molecule has 9 heteroatoms. The molecule has 29 heavy (non-hydrogen) atoms. The van der Waals surface area contributed by atoms with Crippen molar-refractivity contribution in [2.75, 3.05) is 33.2 Å². The van der Waals surface area contributed by atoms with Gasteiger partial charge in [-0.3, -0.25) is 16.2 Å². The summed E-state index contributed by atoms with van der Waals surface area (Å²) in [6.07, 6.45) is 5.00. The monoisotopic (exact) mass is 428 g/mol. The van der Waals surface area contributed by atoms with E-state index in [2.05, 4.69) is 51.7 Å². The van der Waals surface area contributed by atoms with E-state index in [9.17, 15) is 8.42 Å². The Morgan fingerprint density at radius 3 is 2.45 bits per heavy atom. The molecule has 0 spiro atoms. The summed E-state index contributed by atoms with van der Waals surface area (Å²) in [6.45, 7) is 10.4. The molecule has 4 fully saturated rings. The Balaban J connectivity index is 1.31. The molecule has 4 N–H and O–H groups in total. The highest BCUT2D eigenvalue weighted by molar-refractivity contribution is 7.90. The lowest BCUT2D eigenvalue weighted by Crippen LogP contribution is -2.59. The molecule has 6 unspecified atom stereocenters. The molecule has 4 aliphatic rings. The van der Waals surface area contributed by atoms with Crippen molar-refractivity contribution in [3.8, 4) is 0 Å². The topological polar surface area (TPSA) is 88.7 Å². The standard InChI is InChI=1S/C20H40N6O2S/c1-20(2,3)15-11-23-26(13-15)18-9-8-16(12-21-18)29(27,28)24-17-7-5-6-14-10-22-25(4)19(14)17/h14-19,21-24H,5-13H2,1-4H3. The predicted octanol–water partition coefficient (Wildman–Crippen LogP) is 0.454. The van der Waals surface area contributed by atoms with Gasteiger partial charge >= 0.3 is 0 Å². The maximum absolute atomic E-state index is 13.1. The van der Waals surface area contributed by atoms with Crippen molar-refractivity contribution < 1.29 is 8.42 Å². The lowest BCUT2D eigenvalue weighted by molar-refractivity contribution is 0.109. The van der Waals surface area contributed by atoms with Crippen molar-refractivity contribution in [2.45, 2.75) is 76.4 Å². The number of sulfonamides is 1. The van der Waals surface area contributed by atoms with E-state index in [4.69, 9.17) is 0 Å². The second-order valence-corrected chi connectivity index (χ2v) is 12.6. The number of hydrazine groups is 2. The van der Waals surface area contributed by atoms with Gasteiger partial charge in [-0.1, -0.05) is 27.2 Å². The molecule has 8 nitrogen and oxygen atoms in total.